The summed E-state index contributed by atoms with van der Waals surface area (Å²) in [6.45, 7) is 0. The number of nitrogens with one attached hydrogen (secondary N) is 2. The molecule has 0 atom stereocenters. The molecule has 0 saturated heterocycles. The van der Waals surface area contributed by atoms with Gasteiger partial charge in [-0.2, -0.15) is 0 Å². The minimum atomic E-state index is -0.639. The Balaban J connectivity index is 1.44. The summed E-state index contributed by atoms with van der Waals surface area (Å²) in [6, 6.07) is 18.6. The first-order chi connectivity index (χ1) is 15.2. The smallest absolute Gasteiger partial charge is 0.439 e. The molecule has 2 N–H and O–H groups in total. The van der Waals surface area contributed by atoms with Crippen LogP contribution in [0.5, 0.6) is 0 Å². The third-order valence-corrected chi connectivity index (χ3v) is 6.75. The SMILES string of the molecule is O=C(Nc1cccc(-c2noc(=O)[nH]2)c1)c1oc2ccccc2c1CSc1cccs1. The van der Waals surface area contributed by atoms with Crippen molar-refractivity contribution in [2.24, 2.45) is 0 Å². The van der Waals surface area contributed by atoms with Crippen LogP contribution in [0.15, 0.2) is 84.0 Å². The Bertz CT molecular complexity index is 1420. The van der Waals surface area contributed by atoms with Crippen LogP contribution < -0.4 is 11.1 Å². The molecule has 0 aliphatic carbocycles. The summed E-state index contributed by atoms with van der Waals surface area (Å²) in [5.74, 6) is 0.201. The van der Waals surface area contributed by atoms with Crippen molar-refractivity contribution in [3.63, 3.8) is 0 Å². The molecule has 5 aromatic rings. The lowest BCUT2D eigenvalue weighted by molar-refractivity contribution is 0.0998. The van der Waals surface area contributed by atoms with Gasteiger partial charge in [-0.25, -0.2) is 4.79 Å². The fraction of sp³-hybridized carbons (Fsp3) is 0.0455. The Labute approximate surface area is 184 Å². The second-order valence-corrected chi connectivity index (χ2v) is 8.83. The van der Waals surface area contributed by atoms with Crippen molar-refractivity contribution in [1.29, 1.82) is 0 Å². The fourth-order valence-corrected chi connectivity index (χ4v) is 5.01. The molecule has 0 aliphatic heterocycles. The average Bonchev–Trinajstić information content (AvgIpc) is 3.52. The van der Waals surface area contributed by atoms with E-state index in [0.717, 1.165) is 10.9 Å². The number of thioether (sulfide) groups is 1. The van der Waals surface area contributed by atoms with Gasteiger partial charge in [0.05, 0.1) is 4.21 Å². The molecule has 2 aromatic carbocycles. The zero-order valence-corrected chi connectivity index (χ0v) is 17.6. The molecule has 9 heteroatoms. The predicted molar refractivity (Wildman–Crippen MR) is 121 cm³/mol. The molecule has 0 spiro atoms. The van der Waals surface area contributed by atoms with Gasteiger partial charge in [-0.15, -0.1) is 23.1 Å². The normalized spacial score (nSPS) is 11.1. The Hall–Kier alpha value is -3.56. The number of thiophene rings is 1. The quantitative estimate of drug-likeness (QED) is 0.338. The third kappa shape index (κ3) is 4.05. The maximum Gasteiger partial charge on any atom is 0.439 e. The number of rotatable bonds is 6. The minimum Gasteiger partial charge on any atom is -0.451 e. The third-order valence-electron chi connectivity index (χ3n) is 4.59. The van der Waals surface area contributed by atoms with E-state index in [2.05, 4.69) is 26.0 Å². The van der Waals surface area contributed by atoms with Gasteiger partial charge in [-0.05, 0) is 29.6 Å². The fourth-order valence-electron chi connectivity index (χ4n) is 3.20. The number of anilines is 1. The van der Waals surface area contributed by atoms with Gasteiger partial charge < -0.3 is 9.73 Å². The van der Waals surface area contributed by atoms with E-state index in [9.17, 15) is 9.59 Å². The van der Waals surface area contributed by atoms with E-state index in [0.29, 0.717) is 22.6 Å². The average molecular weight is 450 g/mol. The van der Waals surface area contributed by atoms with Crippen molar-refractivity contribution in [3.05, 3.63) is 87.9 Å². The van der Waals surface area contributed by atoms with E-state index < -0.39 is 5.76 Å². The van der Waals surface area contributed by atoms with E-state index in [-0.39, 0.29) is 17.5 Å². The van der Waals surface area contributed by atoms with Crippen molar-refractivity contribution in [2.45, 2.75) is 9.96 Å². The van der Waals surface area contributed by atoms with Gasteiger partial charge in [-0.3, -0.25) is 14.3 Å². The highest BCUT2D eigenvalue weighted by Crippen LogP contribution is 2.34. The highest BCUT2D eigenvalue weighted by molar-refractivity contribution is 8.00. The summed E-state index contributed by atoms with van der Waals surface area (Å²) < 4.78 is 11.6. The molecule has 1 amide bonds. The number of benzene rings is 2. The number of fused-ring (bicyclic) bond motifs is 1. The van der Waals surface area contributed by atoms with Crippen LogP contribution in [0.4, 0.5) is 5.69 Å². The summed E-state index contributed by atoms with van der Waals surface area (Å²) in [5, 5.41) is 9.51. The Morgan fingerprint density at radius 2 is 2.03 bits per heavy atom. The van der Waals surface area contributed by atoms with Gasteiger partial charge in [0, 0.05) is 28.0 Å². The van der Waals surface area contributed by atoms with Gasteiger partial charge >= 0.3 is 5.76 Å². The molecule has 0 bridgehead atoms. The lowest BCUT2D eigenvalue weighted by Gasteiger charge is -2.06. The zero-order chi connectivity index (χ0) is 21.2. The monoisotopic (exact) mass is 449 g/mol. The topological polar surface area (TPSA) is 101 Å². The molecule has 154 valence electrons. The van der Waals surface area contributed by atoms with Crippen LogP contribution in [0.2, 0.25) is 0 Å². The van der Waals surface area contributed by atoms with Gasteiger partial charge in [0.2, 0.25) is 0 Å². The molecule has 0 saturated carbocycles. The van der Waals surface area contributed by atoms with Crippen LogP contribution in [-0.2, 0) is 5.75 Å². The number of furan rings is 1. The van der Waals surface area contributed by atoms with Gasteiger partial charge in [0.1, 0.15) is 5.58 Å². The van der Waals surface area contributed by atoms with Gasteiger partial charge in [0.15, 0.2) is 11.6 Å². The van der Waals surface area contributed by atoms with Crippen LogP contribution in [0.3, 0.4) is 0 Å². The Morgan fingerprint density at radius 1 is 1.13 bits per heavy atom. The number of aromatic nitrogens is 2. The largest absolute Gasteiger partial charge is 0.451 e. The lowest BCUT2D eigenvalue weighted by atomic mass is 10.1. The van der Waals surface area contributed by atoms with E-state index >= 15 is 0 Å². The summed E-state index contributed by atoms with van der Waals surface area (Å²) in [4.78, 5) is 26.8. The molecule has 0 aliphatic rings. The first kappa shape index (κ1) is 19.4. The highest BCUT2D eigenvalue weighted by Gasteiger charge is 2.21. The standard InChI is InChI=1S/C22H15N3O4S2/c26-21(23-14-6-3-5-13(11-14)20-24-22(27)29-25-20)19-16(12-31-18-9-4-10-30-18)15-7-1-2-8-17(15)28-19/h1-11H,12H2,(H,23,26)(H,24,25,27). The number of hydrogen-bond acceptors (Lipinski definition) is 7. The number of nitrogens with zero attached hydrogens (tertiary/aromatic N) is 1. The molecule has 31 heavy (non-hydrogen) atoms. The van der Waals surface area contributed by atoms with Crippen LogP contribution in [0, 0.1) is 0 Å². The molecule has 3 aromatic heterocycles. The lowest BCUT2D eigenvalue weighted by Crippen LogP contribution is -2.12. The molecular weight excluding hydrogens is 434 g/mol. The number of carbonyl (C=O) groups excluding carboxylic acids is 1. The van der Waals surface area contributed by atoms with Crippen molar-refractivity contribution in [1.82, 2.24) is 10.1 Å². The van der Waals surface area contributed by atoms with Gasteiger partial charge in [0.25, 0.3) is 5.91 Å². The summed E-state index contributed by atoms with van der Waals surface area (Å²) >= 11 is 3.33. The first-order valence-corrected chi connectivity index (χ1v) is 11.2. The predicted octanol–water partition coefficient (Wildman–Crippen LogP) is 5.38. The van der Waals surface area contributed by atoms with Crippen LogP contribution in [0.25, 0.3) is 22.4 Å². The molecular formula is C22H15N3O4S2. The summed E-state index contributed by atoms with van der Waals surface area (Å²) in [6.07, 6.45) is 0. The summed E-state index contributed by atoms with van der Waals surface area (Å²) in [7, 11) is 0. The van der Waals surface area contributed by atoms with E-state index in [1.54, 1.807) is 47.4 Å². The van der Waals surface area contributed by atoms with Gasteiger partial charge in [-0.1, -0.05) is 41.6 Å². The summed E-state index contributed by atoms with van der Waals surface area (Å²) in [5.41, 5.74) is 2.68. The van der Waals surface area contributed by atoms with E-state index in [4.69, 9.17) is 4.42 Å². The Kier molecular flexibility index (Phi) is 5.19. The molecule has 7 nitrogen and oxygen atoms in total. The van der Waals surface area contributed by atoms with Crippen LogP contribution in [0.1, 0.15) is 16.1 Å². The number of amides is 1. The number of aromatic amines is 1. The number of hydrogen-bond donors (Lipinski definition) is 2. The molecule has 0 radical (unpaired) electrons. The minimum absolute atomic E-state index is 0.283. The number of para-hydroxylation sites is 1. The van der Waals surface area contributed by atoms with Crippen LogP contribution >= 0.6 is 23.1 Å². The number of carbonyl (C=O) groups is 1. The van der Waals surface area contributed by atoms with E-state index in [1.165, 1.54) is 4.21 Å². The second kappa shape index (κ2) is 8.29. The molecule has 3 heterocycles. The second-order valence-electron chi connectivity index (χ2n) is 6.61. The van der Waals surface area contributed by atoms with Crippen molar-refractivity contribution in [2.75, 3.05) is 5.32 Å². The zero-order valence-electron chi connectivity index (χ0n) is 16.0. The molecule has 5 rings (SSSR count). The number of H-pyrrole nitrogens is 1. The van der Waals surface area contributed by atoms with E-state index in [1.807, 2.05) is 35.7 Å². The van der Waals surface area contributed by atoms with Crippen molar-refractivity contribution in [3.8, 4) is 11.4 Å². The van der Waals surface area contributed by atoms with Crippen LogP contribution in [-0.4, -0.2) is 16.0 Å². The maximum atomic E-state index is 13.1. The molecule has 0 fully saturated rings. The maximum absolute atomic E-state index is 13.1. The van der Waals surface area contributed by atoms with Crippen molar-refractivity contribution >= 4 is 45.7 Å². The first-order valence-electron chi connectivity index (χ1n) is 9.32. The highest BCUT2D eigenvalue weighted by atomic mass is 32.2. The Morgan fingerprint density at radius 3 is 2.84 bits per heavy atom. The molecule has 0 unspecified atom stereocenters. The van der Waals surface area contributed by atoms with Crippen molar-refractivity contribution < 1.29 is 13.7 Å².